The van der Waals surface area contributed by atoms with Crippen LogP contribution in [0.15, 0.2) is 18.5 Å². The van der Waals surface area contributed by atoms with Crippen LogP contribution in [0.3, 0.4) is 0 Å². The summed E-state index contributed by atoms with van der Waals surface area (Å²) < 4.78 is 10.8. The van der Waals surface area contributed by atoms with Crippen molar-refractivity contribution in [1.29, 1.82) is 0 Å². The molecule has 0 aromatic carbocycles. The molecular weight excluding hydrogens is 320 g/mol. The standard InChI is InChI=1S/C19H28N2O4/c1-17(2,3)25-16(23)21-11-19(12-21)9-18(10-19,13-22)7-14-8-20-6-5-15(14)24-4/h5-6,8,22H,7,9-13H2,1-4H3. The number of rotatable bonds is 4. The van der Waals surface area contributed by atoms with Crippen LogP contribution in [0.2, 0.25) is 0 Å². The largest absolute Gasteiger partial charge is 0.496 e. The lowest BCUT2D eigenvalue weighted by molar-refractivity contribution is -0.153. The molecule has 1 spiro atoms. The fourth-order valence-electron chi connectivity index (χ4n) is 4.42. The molecule has 0 atom stereocenters. The minimum atomic E-state index is -0.467. The maximum Gasteiger partial charge on any atom is 0.410 e. The van der Waals surface area contributed by atoms with Crippen LogP contribution in [-0.2, 0) is 11.2 Å². The van der Waals surface area contributed by atoms with Crippen molar-refractivity contribution >= 4 is 6.09 Å². The van der Waals surface area contributed by atoms with E-state index in [1.807, 2.05) is 33.0 Å². The van der Waals surface area contributed by atoms with Gasteiger partial charge in [-0.3, -0.25) is 4.98 Å². The predicted molar refractivity (Wildman–Crippen MR) is 93.5 cm³/mol. The average Bonchev–Trinajstić information content (AvgIpc) is 2.46. The lowest BCUT2D eigenvalue weighted by Crippen LogP contribution is -2.68. The van der Waals surface area contributed by atoms with Crippen molar-refractivity contribution in [2.75, 3.05) is 26.8 Å². The van der Waals surface area contributed by atoms with E-state index in [-0.39, 0.29) is 23.5 Å². The van der Waals surface area contributed by atoms with Crippen molar-refractivity contribution in [3.63, 3.8) is 0 Å². The molecule has 1 aliphatic carbocycles. The van der Waals surface area contributed by atoms with Crippen molar-refractivity contribution in [3.8, 4) is 5.75 Å². The first-order chi connectivity index (χ1) is 11.7. The molecule has 0 radical (unpaired) electrons. The van der Waals surface area contributed by atoms with Gasteiger partial charge in [0.2, 0.25) is 0 Å². The van der Waals surface area contributed by atoms with Crippen molar-refractivity contribution in [2.45, 2.75) is 45.6 Å². The normalized spacial score (nSPS) is 20.6. The number of amides is 1. The van der Waals surface area contributed by atoms with E-state index in [1.165, 1.54) is 0 Å². The Balaban J connectivity index is 1.58. The molecule has 2 heterocycles. The molecule has 1 aromatic heterocycles. The minimum Gasteiger partial charge on any atom is -0.496 e. The summed E-state index contributed by atoms with van der Waals surface area (Å²) in [4.78, 5) is 18.0. The summed E-state index contributed by atoms with van der Waals surface area (Å²) in [6.45, 7) is 7.20. The van der Waals surface area contributed by atoms with Crippen molar-refractivity contribution in [1.82, 2.24) is 9.88 Å². The van der Waals surface area contributed by atoms with Gasteiger partial charge < -0.3 is 19.5 Å². The fourth-order valence-corrected chi connectivity index (χ4v) is 4.42. The highest BCUT2D eigenvalue weighted by atomic mass is 16.6. The van der Waals surface area contributed by atoms with Gasteiger partial charge in [0, 0.05) is 43.1 Å². The number of aromatic nitrogens is 1. The van der Waals surface area contributed by atoms with Crippen LogP contribution in [0.1, 0.15) is 39.2 Å². The summed E-state index contributed by atoms with van der Waals surface area (Å²) in [7, 11) is 1.65. The molecule has 1 aromatic rings. The summed E-state index contributed by atoms with van der Waals surface area (Å²) in [5.41, 5.74) is 0.550. The van der Waals surface area contributed by atoms with Crippen molar-refractivity contribution in [3.05, 3.63) is 24.0 Å². The van der Waals surface area contributed by atoms with Crippen LogP contribution in [0, 0.1) is 10.8 Å². The van der Waals surface area contributed by atoms with E-state index in [2.05, 4.69) is 4.98 Å². The Hall–Kier alpha value is -1.82. The number of pyridine rings is 1. The smallest absolute Gasteiger partial charge is 0.410 e. The van der Waals surface area contributed by atoms with Crippen LogP contribution in [0.25, 0.3) is 0 Å². The number of nitrogens with zero attached hydrogens (tertiary/aromatic N) is 2. The number of ether oxygens (including phenoxy) is 2. The van der Waals surface area contributed by atoms with Crippen LogP contribution in [0.4, 0.5) is 4.79 Å². The molecule has 1 amide bonds. The number of carbonyl (C=O) groups is 1. The number of methoxy groups -OCH3 is 1. The fraction of sp³-hybridized carbons (Fsp3) is 0.684. The number of hydrogen-bond acceptors (Lipinski definition) is 5. The van der Waals surface area contributed by atoms with Gasteiger partial charge >= 0.3 is 6.09 Å². The van der Waals surface area contributed by atoms with Gasteiger partial charge in [0.15, 0.2) is 0 Å². The number of carbonyl (C=O) groups excluding carboxylic acids is 1. The van der Waals surface area contributed by atoms with E-state index >= 15 is 0 Å². The van der Waals surface area contributed by atoms with Gasteiger partial charge in [-0.2, -0.15) is 0 Å². The lowest BCUT2D eigenvalue weighted by atomic mass is 9.48. The molecular formula is C19H28N2O4. The van der Waals surface area contributed by atoms with E-state index < -0.39 is 5.60 Å². The SMILES string of the molecule is COc1ccncc1CC1(CO)CC2(CN(C(=O)OC(C)(C)C)C2)C1. The topological polar surface area (TPSA) is 71.9 Å². The predicted octanol–water partition coefficient (Wildman–Crippen LogP) is 2.64. The third-order valence-corrected chi connectivity index (χ3v) is 5.18. The second kappa shape index (κ2) is 6.16. The van der Waals surface area contributed by atoms with Crippen LogP contribution in [0.5, 0.6) is 5.75 Å². The van der Waals surface area contributed by atoms with E-state index in [0.717, 1.165) is 30.6 Å². The first-order valence-electron chi connectivity index (χ1n) is 8.76. The zero-order valence-corrected chi connectivity index (χ0v) is 15.5. The second-order valence-electron chi connectivity index (χ2n) is 8.71. The highest BCUT2D eigenvalue weighted by Gasteiger charge is 2.60. The molecule has 2 aliphatic rings. The summed E-state index contributed by atoms with van der Waals surface area (Å²) >= 11 is 0. The van der Waals surface area contributed by atoms with Crippen LogP contribution < -0.4 is 4.74 Å². The van der Waals surface area contributed by atoms with E-state index in [0.29, 0.717) is 13.1 Å². The van der Waals surface area contributed by atoms with Gasteiger partial charge in [-0.05, 0) is 51.5 Å². The summed E-state index contributed by atoms with van der Waals surface area (Å²) in [5.74, 6) is 0.813. The van der Waals surface area contributed by atoms with E-state index in [9.17, 15) is 9.90 Å². The van der Waals surface area contributed by atoms with Gasteiger partial charge in [-0.25, -0.2) is 4.79 Å². The maximum absolute atomic E-state index is 12.1. The minimum absolute atomic E-state index is 0.134. The molecule has 6 nitrogen and oxygen atoms in total. The molecule has 2 fully saturated rings. The number of likely N-dealkylation sites (tertiary alicyclic amines) is 1. The molecule has 0 unspecified atom stereocenters. The maximum atomic E-state index is 12.1. The number of aliphatic hydroxyl groups excluding tert-OH is 1. The molecule has 1 saturated carbocycles. The van der Waals surface area contributed by atoms with E-state index in [4.69, 9.17) is 9.47 Å². The zero-order valence-electron chi connectivity index (χ0n) is 15.5. The summed E-state index contributed by atoms with van der Waals surface area (Å²) in [6, 6.07) is 1.85. The molecule has 6 heteroatoms. The monoisotopic (exact) mass is 348 g/mol. The van der Waals surface area contributed by atoms with E-state index in [1.54, 1.807) is 18.2 Å². The van der Waals surface area contributed by atoms with Crippen molar-refractivity contribution in [2.24, 2.45) is 10.8 Å². The zero-order chi connectivity index (χ0) is 18.3. The van der Waals surface area contributed by atoms with Gasteiger partial charge in [-0.1, -0.05) is 0 Å². The van der Waals surface area contributed by atoms with Crippen LogP contribution in [-0.4, -0.2) is 53.5 Å². The number of aliphatic hydroxyl groups is 1. The van der Waals surface area contributed by atoms with Gasteiger partial charge in [0.05, 0.1) is 7.11 Å². The molecule has 25 heavy (non-hydrogen) atoms. The molecule has 1 saturated heterocycles. The third-order valence-electron chi connectivity index (χ3n) is 5.18. The Labute approximate surface area is 149 Å². The highest BCUT2D eigenvalue weighted by Crippen LogP contribution is 2.60. The number of hydrogen-bond donors (Lipinski definition) is 1. The third kappa shape index (κ3) is 3.59. The van der Waals surface area contributed by atoms with Gasteiger partial charge in [0.1, 0.15) is 11.4 Å². The lowest BCUT2D eigenvalue weighted by Gasteiger charge is -2.63. The Morgan fingerprint density at radius 3 is 2.60 bits per heavy atom. The quantitative estimate of drug-likeness (QED) is 0.906. The molecule has 3 rings (SSSR count). The Morgan fingerprint density at radius 1 is 1.36 bits per heavy atom. The van der Waals surface area contributed by atoms with Crippen molar-refractivity contribution < 1.29 is 19.4 Å². The highest BCUT2D eigenvalue weighted by molar-refractivity contribution is 5.69. The molecule has 1 N–H and O–H groups in total. The van der Waals surface area contributed by atoms with Crippen LogP contribution >= 0.6 is 0 Å². The molecule has 138 valence electrons. The van der Waals surface area contributed by atoms with Gasteiger partial charge in [-0.15, -0.1) is 0 Å². The summed E-state index contributed by atoms with van der Waals surface area (Å²) in [6.07, 6.45) is 5.85. The van der Waals surface area contributed by atoms with Gasteiger partial charge in [0.25, 0.3) is 0 Å². The first-order valence-corrected chi connectivity index (χ1v) is 8.76. The summed E-state index contributed by atoms with van der Waals surface area (Å²) in [5, 5.41) is 9.97. The Morgan fingerprint density at radius 2 is 2.04 bits per heavy atom. The average molecular weight is 348 g/mol. The molecule has 0 bridgehead atoms. The second-order valence-corrected chi connectivity index (χ2v) is 8.71. The Kier molecular flexibility index (Phi) is 4.43. The first kappa shape index (κ1) is 18.0. The Bertz CT molecular complexity index is 639. The molecule has 1 aliphatic heterocycles.